The van der Waals surface area contributed by atoms with Gasteiger partial charge < -0.3 is 15.2 Å². The molecule has 1 unspecified atom stereocenters. The average molecular weight is 296 g/mol. The third-order valence-electron chi connectivity index (χ3n) is 3.00. The Hall–Kier alpha value is -1.94. The van der Waals surface area contributed by atoms with Gasteiger partial charge in [0.15, 0.2) is 0 Å². The number of benzene rings is 2. The van der Waals surface area contributed by atoms with Crippen LogP contribution in [0.25, 0.3) is 0 Å². The minimum absolute atomic E-state index is 0.0992. The van der Waals surface area contributed by atoms with E-state index in [4.69, 9.17) is 16.3 Å². The van der Waals surface area contributed by atoms with Crippen molar-refractivity contribution in [3.63, 3.8) is 0 Å². The molecule has 0 aliphatic heterocycles. The van der Waals surface area contributed by atoms with Crippen LogP contribution >= 0.6 is 11.6 Å². The van der Waals surface area contributed by atoms with E-state index in [0.717, 1.165) is 6.07 Å². The number of phenols is 1. The summed E-state index contributed by atoms with van der Waals surface area (Å²) in [6.07, 6.45) is 0. The molecule has 0 fully saturated rings. The molecule has 2 rings (SSSR count). The third-order valence-corrected chi connectivity index (χ3v) is 3.33. The van der Waals surface area contributed by atoms with Gasteiger partial charge in [0.05, 0.1) is 23.9 Å². The summed E-state index contributed by atoms with van der Waals surface area (Å²) in [5.41, 5.74) is 1.10. The zero-order valence-corrected chi connectivity index (χ0v) is 11.9. The minimum atomic E-state index is -0.469. The number of phenolic OH excluding ortho intramolecular Hbond substituents is 1. The average Bonchev–Trinajstić information content (AvgIpc) is 2.41. The van der Waals surface area contributed by atoms with Crippen LogP contribution in [0.15, 0.2) is 36.4 Å². The molecule has 0 amide bonds. The van der Waals surface area contributed by atoms with Crippen molar-refractivity contribution in [2.45, 2.75) is 13.0 Å². The molecule has 0 aromatic heterocycles. The van der Waals surface area contributed by atoms with Crippen LogP contribution in [0.5, 0.6) is 11.5 Å². The minimum Gasteiger partial charge on any atom is -0.508 e. The Morgan fingerprint density at radius 3 is 2.65 bits per heavy atom. The van der Waals surface area contributed by atoms with Gasteiger partial charge in [-0.2, -0.15) is 0 Å². The van der Waals surface area contributed by atoms with Gasteiger partial charge in [-0.25, -0.2) is 4.39 Å². The number of methoxy groups -OCH3 is 1. The predicted octanol–water partition coefficient (Wildman–Crippen LogP) is 4.37. The fourth-order valence-electron chi connectivity index (χ4n) is 1.92. The van der Waals surface area contributed by atoms with Crippen LogP contribution in [-0.2, 0) is 0 Å². The Balaban J connectivity index is 2.25. The second-order valence-corrected chi connectivity index (χ2v) is 4.82. The van der Waals surface area contributed by atoms with E-state index >= 15 is 0 Å². The Labute approximate surface area is 122 Å². The van der Waals surface area contributed by atoms with Crippen LogP contribution in [0.3, 0.4) is 0 Å². The maximum absolute atomic E-state index is 13.8. The number of nitrogens with one attached hydrogen (secondary N) is 1. The molecule has 5 heteroatoms. The molecule has 0 aliphatic rings. The van der Waals surface area contributed by atoms with Gasteiger partial charge in [0.2, 0.25) is 0 Å². The predicted molar refractivity (Wildman–Crippen MR) is 78.1 cm³/mol. The van der Waals surface area contributed by atoms with Crippen LogP contribution in [0.2, 0.25) is 5.02 Å². The molecule has 106 valence electrons. The van der Waals surface area contributed by atoms with Gasteiger partial charge in [0.25, 0.3) is 0 Å². The highest BCUT2D eigenvalue weighted by Gasteiger charge is 2.13. The van der Waals surface area contributed by atoms with E-state index in [0.29, 0.717) is 22.0 Å². The van der Waals surface area contributed by atoms with Gasteiger partial charge in [0.1, 0.15) is 17.3 Å². The summed E-state index contributed by atoms with van der Waals surface area (Å²) in [7, 11) is 1.57. The molecule has 20 heavy (non-hydrogen) atoms. The van der Waals surface area contributed by atoms with E-state index in [1.165, 1.54) is 12.1 Å². The fraction of sp³-hybridized carbons (Fsp3) is 0.200. The second kappa shape index (κ2) is 6.01. The van der Waals surface area contributed by atoms with Crippen molar-refractivity contribution >= 4 is 17.3 Å². The van der Waals surface area contributed by atoms with Crippen LogP contribution < -0.4 is 10.1 Å². The highest BCUT2D eigenvalue weighted by atomic mass is 35.5. The SMILES string of the molecule is COc1ccc(Cl)c(NC(C)c2ccc(O)cc2F)c1. The first-order valence-electron chi connectivity index (χ1n) is 6.09. The largest absolute Gasteiger partial charge is 0.508 e. The molecule has 0 saturated carbocycles. The molecule has 1 atom stereocenters. The lowest BCUT2D eigenvalue weighted by atomic mass is 10.1. The van der Waals surface area contributed by atoms with Crippen LogP contribution in [-0.4, -0.2) is 12.2 Å². The molecule has 0 radical (unpaired) electrons. The standard InChI is InChI=1S/C15H15ClFNO2/c1-9(12-5-3-10(19)7-14(12)17)18-15-8-11(20-2)4-6-13(15)16/h3-9,18-19H,1-2H3. The Morgan fingerprint density at radius 1 is 1.25 bits per heavy atom. The quantitative estimate of drug-likeness (QED) is 0.880. The molecule has 2 N–H and O–H groups in total. The van der Waals surface area contributed by atoms with E-state index < -0.39 is 5.82 Å². The highest BCUT2D eigenvalue weighted by Crippen LogP contribution is 2.31. The monoisotopic (exact) mass is 295 g/mol. The van der Waals surface area contributed by atoms with E-state index in [1.54, 1.807) is 25.3 Å². The van der Waals surface area contributed by atoms with Crippen LogP contribution in [0.1, 0.15) is 18.5 Å². The van der Waals surface area contributed by atoms with Crippen LogP contribution in [0, 0.1) is 5.82 Å². The maximum atomic E-state index is 13.8. The first-order valence-corrected chi connectivity index (χ1v) is 6.47. The van der Waals surface area contributed by atoms with Gasteiger partial charge in [-0.1, -0.05) is 17.7 Å². The van der Waals surface area contributed by atoms with Gasteiger partial charge >= 0.3 is 0 Å². The second-order valence-electron chi connectivity index (χ2n) is 4.42. The summed E-state index contributed by atoms with van der Waals surface area (Å²) >= 11 is 6.10. The molecule has 0 heterocycles. The first kappa shape index (κ1) is 14.5. The number of hydrogen-bond acceptors (Lipinski definition) is 3. The van der Waals surface area contributed by atoms with E-state index in [9.17, 15) is 9.50 Å². The summed E-state index contributed by atoms with van der Waals surface area (Å²) in [6.45, 7) is 1.81. The fourth-order valence-corrected chi connectivity index (χ4v) is 2.09. The van der Waals surface area contributed by atoms with Crippen molar-refractivity contribution in [2.24, 2.45) is 0 Å². The zero-order valence-electron chi connectivity index (χ0n) is 11.2. The number of rotatable bonds is 4. The van der Waals surface area contributed by atoms with Crippen molar-refractivity contribution in [3.8, 4) is 11.5 Å². The third kappa shape index (κ3) is 3.14. The lowest BCUT2D eigenvalue weighted by Gasteiger charge is -2.18. The van der Waals surface area contributed by atoms with Crippen molar-refractivity contribution in [1.29, 1.82) is 0 Å². The molecule has 3 nitrogen and oxygen atoms in total. The summed E-state index contributed by atoms with van der Waals surface area (Å²) in [5, 5.41) is 12.9. The smallest absolute Gasteiger partial charge is 0.132 e. The summed E-state index contributed by atoms with van der Waals surface area (Å²) in [5.74, 6) is 0.0946. The number of halogens is 2. The normalized spacial score (nSPS) is 12.0. The molecule has 0 bridgehead atoms. The van der Waals surface area contributed by atoms with Crippen molar-refractivity contribution in [2.75, 3.05) is 12.4 Å². The van der Waals surface area contributed by atoms with Crippen molar-refractivity contribution < 1.29 is 14.2 Å². The number of ether oxygens (including phenoxy) is 1. The molecular weight excluding hydrogens is 281 g/mol. The zero-order chi connectivity index (χ0) is 14.7. The Kier molecular flexibility index (Phi) is 4.35. The van der Waals surface area contributed by atoms with Crippen LogP contribution in [0.4, 0.5) is 10.1 Å². The number of hydrogen-bond donors (Lipinski definition) is 2. The molecule has 2 aromatic carbocycles. The first-order chi connectivity index (χ1) is 9.51. The van der Waals surface area contributed by atoms with E-state index in [2.05, 4.69) is 5.32 Å². The van der Waals surface area contributed by atoms with E-state index in [-0.39, 0.29) is 11.8 Å². The Morgan fingerprint density at radius 2 is 2.00 bits per heavy atom. The molecule has 0 saturated heterocycles. The molecular formula is C15H15ClFNO2. The molecule has 0 spiro atoms. The summed E-state index contributed by atoms with van der Waals surface area (Å²) in [6, 6.07) is 8.97. The molecule has 0 aliphatic carbocycles. The van der Waals surface area contributed by atoms with Gasteiger partial charge in [0, 0.05) is 17.7 Å². The van der Waals surface area contributed by atoms with Crippen molar-refractivity contribution in [1.82, 2.24) is 0 Å². The summed E-state index contributed by atoms with van der Waals surface area (Å²) in [4.78, 5) is 0. The lowest BCUT2D eigenvalue weighted by molar-refractivity contribution is 0.415. The Bertz CT molecular complexity index is 619. The van der Waals surface area contributed by atoms with Crippen molar-refractivity contribution in [3.05, 3.63) is 52.8 Å². The van der Waals surface area contributed by atoms with Gasteiger partial charge in [-0.05, 0) is 25.1 Å². The van der Waals surface area contributed by atoms with Gasteiger partial charge in [-0.15, -0.1) is 0 Å². The highest BCUT2D eigenvalue weighted by molar-refractivity contribution is 6.33. The van der Waals surface area contributed by atoms with E-state index in [1.807, 2.05) is 6.92 Å². The van der Waals surface area contributed by atoms with Gasteiger partial charge in [-0.3, -0.25) is 0 Å². The summed E-state index contributed by atoms with van der Waals surface area (Å²) < 4.78 is 18.9. The molecule has 2 aromatic rings. The number of aromatic hydroxyl groups is 1. The lowest BCUT2D eigenvalue weighted by Crippen LogP contribution is -2.09. The topological polar surface area (TPSA) is 41.5 Å². The maximum Gasteiger partial charge on any atom is 0.132 e. The number of anilines is 1.